The summed E-state index contributed by atoms with van der Waals surface area (Å²) in [5.41, 5.74) is -4.09. The van der Waals surface area contributed by atoms with Crippen molar-refractivity contribution in [3.05, 3.63) is 59.7 Å². The molecule has 0 aliphatic heterocycles. The Morgan fingerprint density at radius 2 is 1.91 bits per heavy atom. The molecule has 0 radical (unpaired) electrons. The second kappa shape index (κ2) is 7.59. The first-order valence-corrected chi connectivity index (χ1v) is 12.3. The number of ketones is 1. The van der Waals surface area contributed by atoms with Gasteiger partial charge in [0, 0.05) is 23.3 Å². The summed E-state index contributed by atoms with van der Waals surface area (Å²) in [6, 6.07) is 9.50. The van der Waals surface area contributed by atoms with Crippen molar-refractivity contribution in [2.24, 2.45) is 28.6 Å². The summed E-state index contributed by atoms with van der Waals surface area (Å²) in [4.78, 5) is 25.5. The first-order chi connectivity index (χ1) is 16.0. The fourth-order valence-corrected chi connectivity index (χ4v) is 7.94. The smallest absolute Gasteiger partial charge is 0.253 e. The van der Waals surface area contributed by atoms with Crippen LogP contribution in [0.1, 0.15) is 52.0 Å². The Labute approximate surface area is 200 Å². The van der Waals surface area contributed by atoms with Crippen molar-refractivity contribution in [3.63, 3.8) is 0 Å². The molecule has 3 fully saturated rings. The van der Waals surface area contributed by atoms with Crippen LogP contribution in [-0.2, 0) is 16.1 Å². The molecule has 4 aliphatic rings. The normalized spacial score (nSPS) is 45.1. The molecule has 8 atom stereocenters. The average Bonchev–Trinajstić information content (AvgIpc) is 3.01. The Morgan fingerprint density at radius 3 is 2.62 bits per heavy atom. The number of nitrogens with one attached hydrogen (secondary N) is 1. The quantitative estimate of drug-likeness (QED) is 0.633. The van der Waals surface area contributed by atoms with Gasteiger partial charge in [-0.15, -0.1) is 0 Å². The van der Waals surface area contributed by atoms with Gasteiger partial charge in [-0.2, -0.15) is 0 Å². The van der Waals surface area contributed by atoms with Gasteiger partial charge in [-0.3, -0.25) is 9.59 Å². The molecular formula is C28H34FNO4. The topological polar surface area (TPSA) is 86.6 Å². The standard InChI is InChI=1S/C28H34FNO4/c1-17-13-22-21-10-9-19-14-20(31)11-12-25(19,2)27(21,29)23(32)15-26(22,3)28(17,34)24(33)30-16-18-7-5-4-6-8-18/h4-8,11-12,14,17,21-23,32,34H,9-10,13,15-16H2,1-3H3,(H,30,33)/t17-,21?,22?,23+,25+,26+,27+,28+/m1/s1. The second-order valence-electron chi connectivity index (χ2n) is 11.3. The lowest BCUT2D eigenvalue weighted by Crippen LogP contribution is -2.70. The van der Waals surface area contributed by atoms with Crippen LogP contribution in [-0.4, -0.2) is 39.3 Å². The number of alkyl halides is 1. The fourth-order valence-electron chi connectivity index (χ4n) is 7.94. The van der Waals surface area contributed by atoms with E-state index in [9.17, 15) is 19.8 Å². The molecule has 182 valence electrons. The number of amides is 1. The van der Waals surface area contributed by atoms with Crippen LogP contribution in [0.5, 0.6) is 0 Å². The number of rotatable bonds is 3. The first-order valence-electron chi connectivity index (χ1n) is 12.3. The third-order valence-electron chi connectivity index (χ3n) is 9.86. The van der Waals surface area contributed by atoms with Gasteiger partial charge in [0.1, 0.15) is 0 Å². The maximum atomic E-state index is 17.2. The zero-order chi connectivity index (χ0) is 24.5. The van der Waals surface area contributed by atoms with Crippen molar-refractivity contribution in [2.75, 3.05) is 0 Å². The van der Waals surface area contributed by atoms with Crippen LogP contribution < -0.4 is 5.32 Å². The third-order valence-corrected chi connectivity index (χ3v) is 9.86. The molecular weight excluding hydrogens is 433 g/mol. The monoisotopic (exact) mass is 467 g/mol. The number of aliphatic hydroxyl groups excluding tert-OH is 1. The Balaban J connectivity index is 1.49. The van der Waals surface area contributed by atoms with Gasteiger partial charge in [0.2, 0.25) is 0 Å². The van der Waals surface area contributed by atoms with Gasteiger partial charge in [0.15, 0.2) is 17.1 Å². The molecule has 3 saturated carbocycles. The van der Waals surface area contributed by atoms with Gasteiger partial charge in [-0.25, -0.2) is 4.39 Å². The molecule has 0 heterocycles. The predicted octanol–water partition coefficient (Wildman–Crippen LogP) is 3.65. The minimum atomic E-state index is -1.97. The molecule has 0 spiro atoms. The van der Waals surface area contributed by atoms with Crippen LogP contribution in [0.3, 0.4) is 0 Å². The number of fused-ring (bicyclic) bond motifs is 5. The van der Waals surface area contributed by atoms with Gasteiger partial charge in [-0.1, -0.05) is 55.8 Å². The molecule has 4 aliphatic carbocycles. The summed E-state index contributed by atoms with van der Waals surface area (Å²) in [6.07, 6.45) is 4.70. The van der Waals surface area contributed by atoms with E-state index in [1.54, 1.807) is 13.0 Å². The summed E-state index contributed by atoms with van der Waals surface area (Å²) in [6.45, 7) is 5.77. The lowest BCUT2D eigenvalue weighted by Gasteiger charge is -2.62. The summed E-state index contributed by atoms with van der Waals surface area (Å²) >= 11 is 0. The Kier molecular flexibility index (Phi) is 5.23. The van der Waals surface area contributed by atoms with Gasteiger partial charge < -0.3 is 15.5 Å². The largest absolute Gasteiger partial charge is 0.390 e. The number of carbonyl (C=O) groups excluding carboxylic acids is 2. The van der Waals surface area contributed by atoms with Crippen LogP contribution in [0.15, 0.2) is 54.1 Å². The van der Waals surface area contributed by atoms with E-state index < -0.39 is 40.0 Å². The van der Waals surface area contributed by atoms with Crippen LogP contribution in [0, 0.1) is 28.6 Å². The summed E-state index contributed by atoms with van der Waals surface area (Å²) in [7, 11) is 0. The molecule has 1 aromatic rings. The van der Waals surface area contributed by atoms with E-state index in [1.807, 2.05) is 44.2 Å². The van der Waals surface area contributed by atoms with Crippen molar-refractivity contribution in [3.8, 4) is 0 Å². The highest BCUT2D eigenvalue weighted by Crippen LogP contribution is 2.70. The van der Waals surface area contributed by atoms with Crippen LogP contribution in [0.4, 0.5) is 4.39 Å². The van der Waals surface area contributed by atoms with Crippen LogP contribution in [0.2, 0.25) is 0 Å². The van der Waals surface area contributed by atoms with E-state index in [0.717, 1.165) is 11.1 Å². The molecule has 5 rings (SSSR count). The molecule has 0 bridgehead atoms. The molecule has 0 aromatic heterocycles. The molecule has 2 unspecified atom stereocenters. The number of hydrogen-bond acceptors (Lipinski definition) is 4. The Bertz CT molecular complexity index is 1090. The summed E-state index contributed by atoms with van der Waals surface area (Å²) in [5.74, 6) is -1.80. The zero-order valence-corrected chi connectivity index (χ0v) is 20.1. The highest BCUT2D eigenvalue weighted by atomic mass is 19.1. The maximum Gasteiger partial charge on any atom is 0.253 e. The molecule has 34 heavy (non-hydrogen) atoms. The molecule has 6 heteroatoms. The number of benzene rings is 1. The Morgan fingerprint density at radius 1 is 1.21 bits per heavy atom. The van der Waals surface area contributed by atoms with Crippen molar-refractivity contribution in [1.29, 1.82) is 0 Å². The highest BCUT2D eigenvalue weighted by molar-refractivity contribution is 6.01. The Hall–Kier alpha value is -2.31. The van der Waals surface area contributed by atoms with Crippen molar-refractivity contribution >= 4 is 11.7 Å². The van der Waals surface area contributed by atoms with Crippen LogP contribution >= 0.6 is 0 Å². The van der Waals surface area contributed by atoms with E-state index in [1.165, 1.54) is 12.2 Å². The third kappa shape index (κ3) is 2.84. The van der Waals surface area contributed by atoms with Gasteiger partial charge in [-0.05, 0) is 62.2 Å². The van der Waals surface area contributed by atoms with E-state index >= 15 is 4.39 Å². The van der Waals surface area contributed by atoms with Gasteiger partial charge in [0.05, 0.1) is 6.10 Å². The number of carbonyl (C=O) groups is 2. The average molecular weight is 468 g/mol. The molecule has 5 nitrogen and oxygen atoms in total. The van der Waals surface area contributed by atoms with E-state index in [4.69, 9.17) is 0 Å². The maximum absolute atomic E-state index is 17.2. The molecule has 1 amide bonds. The lowest BCUT2D eigenvalue weighted by molar-refractivity contribution is -0.219. The lowest BCUT2D eigenvalue weighted by atomic mass is 9.44. The minimum absolute atomic E-state index is 0.0189. The summed E-state index contributed by atoms with van der Waals surface area (Å²) in [5, 5.41) is 26.3. The molecule has 3 N–H and O–H groups in total. The van der Waals surface area contributed by atoms with E-state index in [-0.39, 0.29) is 24.0 Å². The molecule has 0 saturated heterocycles. The predicted molar refractivity (Wildman–Crippen MR) is 126 cm³/mol. The van der Waals surface area contributed by atoms with Gasteiger partial charge >= 0.3 is 0 Å². The van der Waals surface area contributed by atoms with Crippen molar-refractivity contribution in [1.82, 2.24) is 5.32 Å². The number of halogens is 1. The number of allylic oxidation sites excluding steroid dienone is 4. The number of hydrogen-bond donors (Lipinski definition) is 3. The zero-order valence-electron chi connectivity index (χ0n) is 20.1. The minimum Gasteiger partial charge on any atom is -0.390 e. The fraction of sp³-hybridized carbons (Fsp3) is 0.571. The van der Waals surface area contributed by atoms with Crippen molar-refractivity contribution < 1.29 is 24.2 Å². The highest BCUT2D eigenvalue weighted by Gasteiger charge is 2.75. The van der Waals surface area contributed by atoms with Gasteiger partial charge in [0.25, 0.3) is 5.91 Å². The van der Waals surface area contributed by atoms with Crippen LogP contribution in [0.25, 0.3) is 0 Å². The SMILES string of the molecule is C[C@@H]1CC2C3CCC4=CC(=O)C=C[C@]4(C)[C@@]3(F)[C@@H](O)C[C@]2(C)[C@@]1(O)C(=O)NCc1ccccc1. The summed E-state index contributed by atoms with van der Waals surface area (Å²) < 4.78 is 17.2. The second-order valence-corrected chi connectivity index (χ2v) is 11.3. The van der Waals surface area contributed by atoms with Crippen molar-refractivity contribution in [2.45, 2.75) is 70.4 Å². The van der Waals surface area contributed by atoms with E-state index in [0.29, 0.717) is 25.8 Å². The number of aliphatic hydroxyl groups is 2. The van der Waals surface area contributed by atoms with E-state index in [2.05, 4.69) is 5.32 Å². The molecule has 1 aromatic carbocycles. The first kappa shape index (κ1) is 23.4.